The Morgan fingerprint density at radius 1 is 0.950 bits per heavy atom. The number of benzene rings is 3. The molecule has 0 bridgehead atoms. The van der Waals surface area contributed by atoms with Crippen LogP contribution in [0, 0.1) is 0 Å². The van der Waals surface area contributed by atoms with Gasteiger partial charge in [-0.1, -0.05) is 24.3 Å². The molecule has 3 aromatic carbocycles. The highest BCUT2D eigenvalue weighted by Gasteiger charge is 2.18. The molecule has 98 valence electrons. The number of carbonyl (C=O) groups is 2. The molecular weight excluding hydrogens is 256 g/mol. The number of rotatable bonds is 2. The quantitative estimate of drug-likeness (QED) is 0.246. The summed E-state index contributed by atoms with van der Waals surface area (Å²) in [5.41, 5.74) is 0.113. The first-order valence-electron chi connectivity index (χ1n) is 5.99. The van der Waals surface area contributed by atoms with E-state index in [1.165, 1.54) is 12.1 Å². The fourth-order valence-corrected chi connectivity index (χ4v) is 2.46. The van der Waals surface area contributed by atoms with Gasteiger partial charge in [0.2, 0.25) is 5.78 Å². The van der Waals surface area contributed by atoms with Crippen LogP contribution >= 0.6 is 0 Å². The van der Waals surface area contributed by atoms with Crippen molar-refractivity contribution in [2.45, 2.75) is 0 Å². The van der Waals surface area contributed by atoms with Gasteiger partial charge >= 0.3 is 0 Å². The second kappa shape index (κ2) is 4.35. The van der Waals surface area contributed by atoms with Crippen LogP contribution in [0.4, 0.5) is 0 Å². The lowest BCUT2D eigenvalue weighted by Crippen LogP contribution is -2.02. The SMILES string of the molecule is O=CC(=O)c1c2ccccc2cc2c(O)ccc(O)c12. The van der Waals surface area contributed by atoms with E-state index in [-0.39, 0.29) is 28.7 Å². The average molecular weight is 266 g/mol. The van der Waals surface area contributed by atoms with Crippen LogP contribution in [0.3, 0.4) is 0 Å². The van der Waals surface area contributed by atoms with E-state index >= 15 is 0 Å². The van der Waals surface area contributed by atoms with E-state index in [4.69, 9.17) is 0 Å². The average Bonchev–Trinajstić information content (AvgIpc) is 2.48. The largest absolute Gasteiger partial charge is 0.507 e. The lowest BCUT2D eigenvalue weighted by molar-refractivity contribution is -0.104. The van der Waals surface area contributed by atoms with Crippen LogP contribution in [-0.4, -0.2) is 22.3 Å². The summed E-state index contributed by atoms with van der Waals surface area (Å²) in [6, 6.07) is 11.4. The zero-order chi connectivity index (χ0) is 14.3. The number of ketones is 1. The predicted molar refractivity (Wildman–Crippen MR) is 75.2 cm³/mol. The number of Topliss-reactive ketones (excluding diaryl/α,β-unsaturated/α-hetero) is 1. The van der Waals surface area contributed by atoms with E-state index in [9.17, 15) is 19.8 Å². The van der Waals surface area contributed by atoms with Crippen molar-refractivity contribution in [1.82, 2.24) is 0 Å². The molecule has 4 heteroatoms. The molecule has 0 saturated carbocycles. The Morgan fingerprint density at radius 3 is 2.40 bits per heavy atom. The molecule has 0 amide bonds. The summed E-state index contributed by atoms with van der Waals surface area (Å²) in [4.78, 5) is 22.8. The Morgan fingerprint density at radius 2 is 1.65 bits per heavy atom. The first-order valence-corrected chi connectivity index (χ1v) is 5.99. The highest BCUT2D eigenvalue weighted by Crippen LogP contribution is 2.38. The highest BCUT2D eigenvalue weighted by molar-refractivity contribution is 6.40. The van der Waals surface area contributed by atoms with Gasteiger partial charge in [0.25, 0.3) is 0 Å². The maximum Gasteiger partial charge on any atom is 0.226 e. The number of phenols is 2. The summed E-state index contributed by atoms with van der Waals surface area (Å²) >= 11 is 0. The summed E-state index contributed by atoms with van der Waals surface area (Å²) in [6.45, 7) is 0. The summed E-state index contributed by atoms with van der Waals surface area (Å²) in [5, 5.41) is 21.7. The van der Waals surface area contributed by atoms with Crippen molar-refractivity contribution < 1.29 is 19.8 Å². The minimum absolute atomic E-state index is 0.0523. The molecule has 4 nitrogen and oxygen atoms in total. The summed E-state index contributed by atoms with van der Waals surface area (Å²) in [6.07, 6.45) is 0.213. The van der Waals surface area contributed by atoms with Gasteiger partial charge in [-0.25, -0.2) is 0 Å². The van der Waals surface area contributed by atoms with E-state index in [0.717, 1.165) is 0 Å². The molecule has 0 spiro atoms. The van der Waals surface area contributed by atoms with Crippen LogP contribution in [0.2, 0.25) is 0 Å². The minimum atomic E-state index is -0.729. The van der Waals surface area contributed by atoms with Crippen molar-refractivity contribution in [2.75, 3.05) is 0 Å². The van der Waals surface area contributed by atoms with E-state index in [2.05, 4.69) is 0 Å². The van der Waals surface area contributed by atoms with Gasteiger partial charge in [0, 0.05) is 16.3 Å². The van der Waals surface area contributed by atoms with Crippen molar-refractivity contribution in [3.63, 3.8) is 0 Å². The van der Waals surface area contributed by atoms with Crippen LogP contribution in [0.25, 0.3) is 21.5 Å². The number of hydrogen-bond acceptors (Lipinski definition) is 4. The van der Waals surface area contributed by atoms with Crippen LogP contribution in [0.1, 0.15) is 10.4 Å². The Kier molecular flexibility index (Phi) is 2.64. The summed E-state index contributed by atoms with van der Waals surface area (Å²) in [5.74, 6) is -0.926. The van der Waals surface area contributed by atoms with Crippen LogP contribution in [0.15, 0.2) is 42.5 Å². The third-order valence-electron chi connectivity index (χ3n) is 3.33. The highest BCUT2D eigenvalue weighted by atomic mass is 16.3. The zero-order valence-electron chi connectivity index (χ0n) is 10.3. The fourth-order valence-electron chi connectivity index (χ4n) is 2.46. The van der Waals surface area contributed by atoms with Gasteiger partial charge in [0.1, 0.15) is 11.5 Å². The molecule has 0 radical (unpaired) electrons. The van der Waals surface area contributed by atoms with Crippen LogP contribution in [-0.2, 0) is 4.79 Å². The number of aromatic hydroxyl groups is 2. The number of hydrogen-bond donors (Lipinski definition) is 2. The second-order valence-electron chi connectivity index (χ2n) is 4.48. The zero-order valence-corrected chi connectivity index (χ0v) is 10.3. The number of aldehydes is 1. The van der Waals surface area contributed by atoms with Crippen molar-refractivity contribution in [1.29, 1.82) is 0 Å². The molecule has 0 fully saturated rings. The molecule has 0 atom stereocenters. The monoisotopic (exact) mass is 266 g/mol. The minimum Gasteiger partial charge on any atom is -0.507 e. The molecule has 0 aliphatic heterocycles. The molecule has 20 heavy (non-hydrogen) atoms. The van der Waals surface area contributed by atoms with Crippen LogP contribution < -0.4 is 0 Å². The third kappa shape index (κ3) is 1.62. The molecule has 0 aromatic heterocycles. The van der Waals surface area contributed by atoms with Crippen molar-refractivity contribution >= 4 is 33.6 Å². The second-order valence-corrected chi connectivity index (χ2v) is 4.48. The van der Waals surface area contributed by atoms with Gasteiger partial charge in [-0.3, -0.25) is 9.59 Å². The molecule has 0 unspecified atom stereocenters. The molecule has 3 aromatic rings. The number of carbonyl (C=O) groups excluding carboxylic acids is 2. The van der Waals surface area contributed by atoms with Gasteiger partial charge < -0.3 is 10.2 Å². The van der Waals surface area contributed by atoms with Gasteiger partial charge in [-0.05, 0) is 29.0 Å². The lowest BCUT2D eigenvalue weighted by atomic mass is 9.93. The normalized spacial score (nSPS) is 10.8. The summed E-state index contributed by atoms with van der Waals surface area (Å²) < 4.78 is 0. The molecule has 0 saturated heterocycles. The number of phenolic OH excluding ortho intramolecular Hbond substituents is 2. The lowest BCUT2D eigenvalue weighted by Gasteiger charge is -2.11. The molecule has 0 aliphatic rings. The van der Waals surface area contributed by atoms with Gasteiger partial charge in [0.15, 0.2) is 6.29 Å². The number of fused-ring (bicyclic) bond motifs is 2. The topological polar surface area (TPSA) is 74.6 Å². The standard InChI is InChI=1S/C16H10O4/c17-8-14(20)15-10-4-2-1-3-9(10)7-11-12(18)5-6-13(19)16(11)15/h1-8,18-19H. The van der Waals surface area contributed by atoms with Crippen LogP contribution in [0.5, 0.6) is 11.5 Å². The van der Waals surface area contributed by atoms with E-state index in [1.54, 1.807) is 30.3 Å². The Hall–Kier alpha value is -2.88. The Labute approximate surface area is 113 Å². The Balaban J connectivity index is 2.65. The maximum atomic E-state index is 11.9. The first-order chi connectivity index (χ1) is 9.63. The molecule has 0 aliphatic carbocycles. The molecule has 0 heterocycles. The fraction of sp³-hybridized carbons (Fsp3) is 0. The van der Waals surface area contributed by atoms with E-state index in [0.29, 0.717) is 16.2 Å². The van der Waals surface area contributed by atoms with Gasteiger partial charge in [0.05, 0.1) is 0 Å². The summed E-state index contributed by atoms with van der Waals surface area (Å²) in [7, 11) is 0. The predicted octanol–water partition coefficient (Wildman–Crippen LogP) is 2.79. The Bertz CT molecular complexity index is 865. The third-order valence-corrected chi connectivity index (χ3v) is 3.33. The maximum absolute atomic E-state index is 11.9. The first kappa shape index (κ1) is 12.2. The van der Waals surface area contributed by atoms with Crippen molar-refractivity contribution in [2.24, 2.45) is 0 Å². The van der Waals surface area contributed by atoms with Crippen molar-refractivity contribution in [3.8, 4) is 11.5 Å². The molecule has 3 rings (SSSR count). The van der Waals surface area contributed by atoms with Crippen molar-refractivity contribution in [3.05, 3.63) is 48.0 Å². The smallest absolute Gasteiger partial charge is 0.226 e. The van der Waals surface area contributed by atoms with E-state index < -0.39 is 5.78 Å². The van der Waals surface area contributed by atoms with E-state index in [1.807, 2.05) is 0 Å². The van der Waals surface area contributed by atoms with Gasteiger partial charge in [-0.2, -0.15) is 0 Å². The molecular formula is C16H10O4. The molecule has 2 N–H and O–H groups in total. The van der Waals surface area contributed by atoms with Gasteiger partial charge in [-0.15, -0.1) is 0 Å².